The summed E-state index contributed by atoms with van der Waals surface area (Å²) >= 11 is 0. The molecule has 0 saturated carbocycles. The standard InChI is InChI=1S/C14H14N4O2/c1-9-5-6-10(15)11(8-9)17-13(19)14(20)18-12-4-2-3-7-16-12/h2-8H,15H2,1H3,(H,17,19)(H,16,18,20). The van der Waals surface area contributed by atoms with Crippen molar-refractivity contribution in [2.45, 2.75) is 6.92 Å². The van der Waals surface area contributed by atoms with Crippen LogP contribution >= 0.6 is 0 Å². The van der Waals surface area contributed by atoms with Crippen LogP contribution in [0.3, 0.4) is 0 Å². The summed E-state index contributed by atoms with van der Waals surface area (Å²) in [5.41, 5.74) is 7.47. The summed E-state index contributed by atoms with van der Waals surface area (Å²) in [6, 6.07) is 10.2. The van der Waals surface area contributed by atoms with Crippen LogP contribution in [-0.2, 0) is 9.59 Å². The third-order valence-corrected chi connectivity index (χ3v) is 2.57. The number of carbonyl (C=O) groups excluding carboxylic acids is 2. The Morgan fingerprint density at radius 2 is 1.85 bits per heavy atom. The predicted octanol–water partition coefficient (Wildman–Crippen LogP) is 1.55. The van der Waals surface area contributed by atoms with Crippen molar-refractivity contribution in [1.29, 1.82) is 0 Å². The molecule has 0 aliphatic rings. The number of amides is 2. The molecule has 0 unspecified atom stereocenters. The Bertz CT molecular complexity index is 641. The minimum atomic E-state index is -0.801. The van der Waals surface area contributed by atoms with Gasteiger partial charge >= 0.3 is 11.8 Å². The third kappa shape index (κ3) is 3.32. The van der Waals surface area contributed by atoms with Gasteiger partial charge in [-0.1, -0.05) is 12.1 Å². The second-order valence-corrected chi connectivity index (χ2v) is 4.21. The molecule has 2 amide bonds. The lowest BCUT2D eigenvalue weighted by Crippen LogP contribution is -2.29. The molecule has 2 rings (SSSR count). The van der Waals surface area contributed by atoms with Gasteiger partial charge in [-0.2, -0.15) is 0 Å². The van der Waals surface area contributed by atoms with Crippen molar-refractivity contribution in [3.05, 3.63) is 48.2 Å². The molecule has 1 heterocycles. The van der Waals surface area contributed by atoms with Crippen LogP contribution in [0.15, 0.2) is 42.6 Å². The lowest BCUT2D eigenvalue weighted by molar-refractivity contribution is -0.133. The number of carbonyl (C=O) groups is 2. The van der Waals surface area contributed by atoms with Crippen LogP contribution in [-0.4, -0.2) is 16.8 Å². The molecule has 0 radical (unpaired) electrons. The van der Waals surface area contributed by atoms with E-state index in [0.29, 0.717) is 17.2 Å². The molecule has 0 spiro atoms. The molecule has 0 aliphatic carbocycles. The summed E-state index contributed by atoms with van der Waals surface area (Å²) in [7, 11) is 0. The molecule has 0 bridgehead atoms. The van der Waals surface area contributed by atoms with Gasteiger partial charge in [0.05, 0.1) is 11.4 Å². The number of aromatic nitrogens is 1. The van der Waals surface area contributed by atoms with E-state index in [2.05, 4.69) is 15.6 Å². The van der Waals surface area contributed by atoms with Gasteiger partial charge in [-0.25, -0.2) is 4.98 Å². The third-order valence-electron chi connectivity index (χ3n) is 2.57. The van der Waals surface area contributed by atoms with Gasteiger partial charge in [-0.05, 0) is 36.8 Å². The van der Waals surface area contributed by atoms with Crippen molar-refractivity contribution in [2.24, 2.45) is 0 Å². The highest BCUT2D eigenvalue weighted by Crippen LogP contribution is 2.19. The van der Waals surface area contributed by atoms with Gasteiger partial charge in [0.1, 0.15) is 5.82 Å². The SMILES string of the molecule is Cc1ccc(N)c(NC(=O)C(=O)Nc2ccccn2)c1. The number of hydrogen-bond acceptors (Lipinski definition) is 4. The summed E-state index contributed by atoms with van der Waals surface area (Å²) in [4.78, 5) is 27.4. The van der Waals surface area contributed by atoms with Crippen molar-refractivity contribution in [3.8, 4) is 0 Å². The van der Waals surface area contributed by atoms with E-state index in [-0.39, 0.29) is 0 Å². The highest BCUT2D eigenvalue weighted by Gasteiger charge is 2.15. The van der Waals surface area contributed by atoms with Gasteiger partial charge in [0.2, 0.25) is 0 Å². The first-order valence-electron chi connectivity index (χ1n) is 5.96. The molecule has 2 aromatic rings. The summed E-state index contributed by atoms with van der Waals surface area (Å²) in [6.07, 6.45) is 1.52. The van der Waals surface area contributed by atoms with Crippen LogP contribution in [0.25, 0.3) is 0 Å². The average Bonchev–Trinajstić information content (AvgIpc) is 2.44. The van der Waals surface area contributed by atoms with Crippen LogP contribution in [0.1, 0.15) is 5.56 Å². The van der Waals surface area contributed by atoms with Gasteiger partial charge in [0.15, 0.2) is 0 Å². The van der Waals surface area contributed by atoms with E-state index in [4.69, 9.17) is 5.73 Å². The highest BCUT2D eigenvalue weighted by atomic mass is 16.2. The number of benzene rings is 1. The van der Waals surface area contributed by atoms with E-state index < -0.39 is 11.8 Å². The molecular formula is C14H14N4O2. The summed E-state index contributed by atoms with van der Waals surface area (Å²) in [5.74, 6) is -1.29. The molecule has 6 nitrogen and oxygen atoms in total. The fourth-order valence-corrected chi connectivity index (χ4v) is 1.57. The van der Waals surface area contributed by atoms with E-state index in [1.54, 1.807) is 30.3 Å². The molecule has 0 fully saturated rings. The first-order chi connectivity index (χ1) is 9.56. The minimum absolute atomic E-state index is 0.310. The zero-order valence-electron chi connectivity index (χ0n) is 10.9. The minimum Gasteiger partial charge on any atom is -0.397 e. The molecule has 20 heavy (non-hydrogen) atoms. The number of hydrogen-bond donors (Lipinski definition) is 3. The summed E-state index contributed by atoms with van der Waals surface area (Å²) in [6.45, 7) is 1.86. The molecule has 0 saturated heterocycles. The zero-order chi connectivity index (χ0) is 14.5. The smallest absolute Gasteiger partial charge is 0.315 e. The lowest BCUT2D eigenvalue weighted by atomic mass is 10.2. The van der Waals surface area contributed by atoms with Gasteiger partial charge in [-0.3, -0.25) is 9.59 Å². The molecule has 102 valence electrons. The van der Waals surface area contributed by atoms with Crippen molar-refractivity contribution in [2.75, 3.05) is 16.4 Å². The molecular weight excluding hydrogens is 256 g/mol. The van der Waals surface area contributed by atoms with Crippen molar-refractivity contribution >= 4 is 29.0 Å². The van der Waals surface area contributed by atoms with Crippen LogP contribution in [0, 0.1) is 6.92 Å². The van der Waals surface area contributed by atoms with Crippen LogP contribution < -0.4 is 16.4 Å². The average molecular weight is 270 g/mol. The Morgan fingerprint density at radius 3 is 2.55 bits per heavy atom. The zero-order valence-corrected chi connectivity index (χ0v) is 10.9. The quantitative estimate of drug-likeness (QED) is 0.569. The number of nitrogen functional groups attached to an aromatic ring is 1. The van der Waals surface area contributed by atoms with E-state index in [1.807, 2.05) is 13.0 Å². The fraction of sp³-hybridized carbons (Fsp3) is 0.0714. The van der Waals surface area contributed by atoms with Crippen molar-refractivity contribution < 1.29 is 9.59 Å². The first kappa shape index (κ1) is 13.5. The number of pyridine rings is 1. The van der Waals surface area contributed by atoms with Crippen molar-refractivity contribution in [3.63, 3.8) is 0 Å². The van der Waals surface area contributed by atoms with Gasteiger partial charge in [0.25, 0.3) is 0 Å². The molecule has 0 aliphatic heterocycles. The fourth-order valence-electron chi connectivity index (χ4n) is 1.57. The molecule has 1 aromatic carbocycles. The molecule has 6 heteroatoms. The summed E-state index contributed by atoms with van der Waals surface area (Å²) < 4.78 is 0. The van der Waals surface area contributed by atoms with Crippen LogP contribution in [0.5, 0.6) is 0 Å². The van der Waals surface area contributed by atoms with Crippen molar-refractivity contribution in [1.82, 2.24) is 4.98 Å². The van der Waals surface area contributed by atoms with E-state index >= 15 is 0 Å². The summed E-state index contributed by atoms with van der Waals surface area (Å²) in [5, 5.41) is 4.86. The van der Waals surface area contributed by atoms with Crippen LogP contribution in [0.2, 0.25) is 0 Å². The van der Waals surface area contributed by atoms with E-state index in [0.717, 1.165) is 5.56 Å². The van der Waals surface area contributed by atoms with E-state index in [1.165, 1.54) is 6.20 Å². The topological polar surface area (TPSA) is 97.1 Å². The Morgan fingerprint density at radius 1 is 1.10 bits per heavy atom. The second kappa shape index (κ2) is 5.83. The monoisotopic (exact) mass is 270 g/mol. The van der Waals surface area contributed by atoms with Crippen LogP contribution in [0.4, 0.5) is 17.2 Å². The first-order valence-corrected chi connectivity index (χ1v) is 5.96. The Kier molecular flexibility index (Phi) is 3.95. The maximum absolute atomic E-state index is 11.8. The highest BCUT2D eigenvalue weighted by molar-refractivity contribution is 6.43. The van der Waals surface area contributed by atoms with Gasteiger partial charge < -0.3 is 16.4 Å². The number of nitrogens with one attached hydrogen (secondary N) is 2. The Labute approximate surface area is 116 Å². The molecule has 4 N–H and O–H groups in total. The Hall–Kier alpha value is -2.89. The van der Waals surface area contributed by atoms with E-state index in [9.17, 15) is 9.59 Å². The van der Waals surface area contributed by atoms with Gasteiger partial charge in [0, 0.05) is 6.20 Å². The van der Waals surface area contributed by atoms with Gasteiger partial charge in [-0.15, -0.1) is 0 Å². The largest absolute Gasteiger partial charge is 0.397 e. The number of anilines is 3. The number of nitrogens with two attached hydrogens (primary N) is 1. The predicted molar refractivity (Wildman–Crippen MR) is 77.1 cm³/mol. The number of aryl methyl sites for hydroxylation is 1. The normalized spacial score (nSPS) is 9.85. The maximum atomic E-state index is 11.8. The number of nitrogens with zero attached hydrogens (tertiary/aromatic N) is 1. The lowest BCUT2D eigenvalue weighted by Gasteiger charge is -2.09. The maximum Gasteiger partial charge on any atom is 0.315 e. The Balaban J connectivity index is 2.04. The number of rotatable bonds is 2. The molecule has 1 aromatic heterocycles. The molecule has 0 atom stereocenters. The second-order valence-electron chi connectivity index (χ2n) is 4.21.